The summed E-state index contributed by atoms with van der Waals surface area (Å²) in [5.74, 6) is 1.17. The fraction of sp³-hybridized carbons (Fsp3) is 0.600. The predicted molar refractivity (Wildman–Crippen MR) is 104 cm³/mol. The third-order valence-electron chi connectivity index (χ3n) is 5.33. The molecule has 0 bridgehead atoms. The average molecular weight is 374 g/mol. The molecule has 0 radical (unpaired) electrons. The molecule has 2 heterocycles. The van der Waals surface area contributed by atoms with Crippen LogP contribution in [0.15, 0.2) is 24.3 Å². The minimum absolute atomic E-state index is 0.153. The molecule has 1 aromatic rings. The molecule has 0 spiro atoms. The number of amides is 2. The summed E-state index contributed by atoms with van der Waals surface area (Å²) in [5, 5.41) is 3.27. The summed E-state index contributed by atoms with van der Waals surface area (Å²) < 4.78 is 5.22. The van der Waals surface area contributed by atoms with Crippen molar-refractivity contribution in [2.24, 2.45) is 0 Å². The number of ether oxygens (including phenoxy) is 1. The van der Waals surface area contributed by atoms with Crippen LogP contribution in [0.2, 0.25) is 0 Å². The van der Waals surface area contributed by atoms with E-state index < -0.39 is 0 Å². The minimum Gasteiger partial charge on any atom is -0.497 e. The highest BCUT2D eigenvalue weighted by Crippen LogP contribution is 2.14. The molecular formula is C20H30N4O3. The van der Waals surface area contributed by atoms with E-state index in [9.17, 15) is 9.59 Å². The standard InChI is InChI=1S/C20H30N4O3/c1-27-18-4-2-3-17(15-18)16-20(26)24-13-11-22(12-14-24)8-5-19(25)23-9-6-21-7-10-23/h2-4,15,21H,5-14,16H2,1H3. The Balaban J connectivity index is 1.39. The van der Waals surface area contributed by atoms with Crippen LogP contribution in [-0.2, 0) is 16.0 Å². The summed E-state index contributed by atoms with van der Waals surface area (Å²) in [7, 11) is 1.63. The second-order valence-electron chi connectivity index (χ2n) is 7.13. The van der Waals surface area contributed by atoms with Crippen LogP contribution in [0.5, 0.6) is 5.75 Å². The molecule has 7 heteroatoms. The first kappa shape index (κ1) is 19.6. The highest BCUT2D eigenvalue weighted by Gasteiger charge is 2.23. The number of nitrogens with zero attached hydrogens (tertiary/aromatic N) is 3. The molecular weight excluding hydrogens is 344 g/mol. The van der Waals surface area contributed by atoms with E-state index >= 15 is 0 Å². The van der Waals surface area contributed by atoms with Gasteiger partial charge in [-0.25, -0.2) is 0 Å². The van der Waals surface area contributed by atoms with E-state index in [1.165, 1.54) is 0 Å². The van der Waals surface area contributed by atoms with Gasteiger partial charge in [0.05, 0.1) is 13.5 Å². The number of piperazine rings is 2. The second kappa shape index (κ2) is 9.71. The van der Waals surface area contributed by atoms with Crippen molar-refractivity contribution in [3.8, 4) is 5.75 Å². The molecule has 2 fully saturated rings. The van der Waals surface area contributed by atoms with Crippen molar-refractivity contribution in [3.05, 3.63) is 29.8 Å². The molecule has 3 rings (SSSR count). The van der Waals surface area contributed by atoms with Crippen molar-refractivity contribution in [1.29, 1.82) is 0 Å². The van der Waals surface area contributed by atoms with Gasteiger partial charge in [-0.15, -0.1) is 0 Å². The first-order chi connectivity index (χ1) is 13.2. The molecule has 1 aromatic carbocycles. The quantitative estimate of drug-likeness (QED) is 0.771. The second-order valence-corrected chi connectivity index (χ2v) is 7.13. The number of nitrogens with one attached hydrogen (secondary N) is 1. The molecule has 0 aliphatic carbocycles. The maximum absolute atomic E-state index is 12.5. The molecule has 2 aliphatic heterocycles. The van der Waals surface area contributed by atoms with Crippen LogP contribution in [0.25, 0.3) is 0 Å². The lowest BCUT2D eigenvalue weighted by Crippen LogP contribution is -2.50. The molecule has 0 saturated carbocycles. The smallest absolute Gasteiger partial charge is 0.227 e. The number of methoxy groups -OCH3 is 1. The molecule has 148 valence electrons. The molecule has 0 atom stereocenters. The monoisotopic (exact) mass is 374 g/mol. The molecule has 0 unspecified atom stereocenters. The van der Waals surface area contributed by atoms with Crippen LogP contribution in [0.4, 0.5) is 0 Å². The zero-order chi connectivity index (χ0) is 19.1. The van der Waals surface area contributed by atoms with Crippen molar-refractivity contribution >= 4 is 11.8 Å². The van der Waals surface area contributed by atoms with Gasteiger partial charge < -0.3 is 19.9 Å². The van der Waals surface area contributed by atoms with Gasteiger partial charge >= 0.3 is 0 Å². The van der Waals surface area contributed by atoms with Gasteiger partial charge in [-0.05, 0) is 17.7 Å². The van der Waals surface area contributed by atoms with E-state index in [1.54, 1.807) is 7.11 Å². The predicted octanol–water partition coefficient (Wildman–Crippen LogP) is 0.204. The lowest BCUT2D eigenvalue weighted by Gasteiger charge is -2.35. The number of hydrogen-bond acceptors (Lipinski definition) is 5. The van der Waals surface area contributed by atoms with Gasteiger partial charge in [0.25, 0.3) is 0 Å². The molecule has 2 saturated heterocycles. The van der Waals surface area contributed by atoms with Crippen LogP contribution in [0.1, 0.15) is 12.0 Å². The molecule has 2 aliphatic rings. The average Bonchev–Trinajstić information content (AvgIpc) is 2.73. The molecule has 1 N–H and O–H groups in total. The van der Waals surface area contributed by atoms with Gasteiger partial charge in [-0.1, -0.05) is 12.1 Å². The highest BCUT2D eigenvalue weighted by molar-refractivity contribution is 5.79. The number of rotatable bonds is 6. The Kier molecular flexibility index (Phi) is 7.06. The maximum atomic E-state index is 12.5. The lowest BCUT2D eigenvalue weighted by atomic mass is 10.1. The van der Waals surface area contributed by atoms with Crippen LogP contribution in [0.3, 0.4) is 0 Å². The highest BCUT2D eigenvalue weighted by atomic mass is 16.5. The van der Waals surface area contributed by atoms with Gasteiger partial charge in [0, 0.05) is 65.3 Å². The maximum Gasteiger partial charge on any atom is 0.227 e. The van der Waals surface area contributed by atoms with E-state index in [-0.39, 0.29) is 11.8 Å². The SMILES string of the molecule is COc1cccc(CC(=O)N2CCN(CCC(=O)N3CCNCC3)CC2)c1. The largest absolute Gasteiger partial charge is 0.497 e. The van der Waals surface area contributed by atoms with Crippen molar-refractivity contribution in [2.45, 2.75) is 12.8 Å². The van der Waals surface area contributed by atoms with E-state index in [0.29, 0.717) is 12.8 Å². The Morgan fingerprint density at radius 2 is 1.70 bits per heavy atom. The van der Waals surface area contributed by atoms with Gasteiger partial charge in [-0.2, -0.15) is 0 Å². The van der Waals surface area contributed by atoms with Crippen LogP contribution < -0.4 is 10.1 Å². The third kappa shape index (κ3) is 5.68. The number of benzene rings is 1. The van der Waals surface area contributed by atoms with Crippen molar-refractivity contribution in [3.63, 3.8) is 0 Å². The summed E-state index contributed by atoms with van der Waals surface area (Å²) in [5.41, 5.74) is 0.975. The third-order valence-corrected chi connectivity index (χ3v) is 5.33. The molecule has 7 nitrogen and oxygen atoms in total. The first-order valence-electron chi connectivity index (χ1n) is 9.77. The molecule has 0 aromatic heterocycles. The number of hydrogen-bond donors (Lipinski definition) is 1. The minimum atomic E-state index is 0.153. The lowest BCUT2D eigenvalue weighted by molar-refractivity contribution is -0.134. The summed E-state index contributed by atoms with van der Waals surface area (Å²) in [6, 6.07) is 7.66. The Bertz CT molecular complexity index is 638. The van der Waals surface area contributed by atoms with Gasteiger partial charge in [0.1, 0.15) is 5.75 Å². The summed E-state index contributed by atoms with van der Waals surface area (Å²) >= 11 is 0. The first-order valence-corrected chi connectivity index (χ1v) is 9.77. The fourth-order valence-corrected chi connectivity index (χ4v) is 3.62. The van der Waals surface area contributed by atoms with Crippen LogP contribution >= 0.6 is 0 Å². The van der Waals surface area contributed by atoms with E-state index in [0.717, 1.165) is 70.2 Å². The van der Waals surface area contributed by atoms with Crippen LogP contribution in [0, 0.1) is 0 Å². The van der Waals surface area contributed by atoms with E-state index in [1.807, 2.05) is 34.1 Å². The summed E-state index contributed by atoms with van der Waals surface area (Å²) in [6.45, 7) is 7.30. The Morgan fingerprint density at radius 1 is 1.00 bits per heavy atom. The Morgan fingerprint density at radius 3 is 2.41 bits per heavy atom. The normalized spacial score (nSPS) is 18.4. The van der Waals surface area contributed by atoms with Crippen LogP contribution in [-0.4, -0.2) is 92.5 Å². The number of carbonyl (C=O) groups is 2. The fourth-order valence-electron chi connectivity index (χ4n) is 3.62. The topological polar surface area (TPSA) is 65.1 Å². The van der Waals surface area contributed by atoms with Crippen molar-refractivity contribution < 1.29 is 14.3 Å². The van der Waals surface area contributed by atoms with Gasteiger partial charge in [0.15, 0.2) is 0 Å². The van der Waals surface area contributed by atoms with Crippen molar-refractivity contribution in [1.82, 2.24) is 20.0 Å². The van der Waals surface area contributed by atoms with E-state index in [4.69, 9.17) is 4.74 Å². The summed E-state index contributed by atoms with van der Waals surface area (Å²) in [4.78, 5) is 31.0. The summed E-state index contributed by atoms with van der Waals surface area (Å²) in [6.07, 6.45) is 0.969. The zero-order valence-electron chi connectivity index (χ0n) is 16.2. The number of carbonyl (C=O) groups excluding carboxylic acids is 2. The van der Waals surface area contributed by atoms with Gasteiger partial charge in [0.2, 0.25) is 11.8 Å². The van der Waals surface area contributed by atoms with E-state index in [2.05, 4.69) is 10.2 Å². The Hall–Kier alpha value is -2.12. The molecule has 27 heavy (non-hydrogen) atoms. The van der Waals surface area contributed by atoms with Gasteiger partial charge in [-0.3, -0.25) is 14.5 Å². The molecule has 2 amide bonds. The van der Waals surface area contributed by atoms with Crippen molar-refractivity contribution in [2.75, 3.05) is 66.0 Å². The Labute approximate surface area is 161 Å². The zero-order valence-corrected chi connectivity index (χ0v) is 16.2.